The fraction of sp³-hybridized carbons (Fsp3) is 0.727. The highest BCUT2D eigenvalue weighted by Crippen LogP contribution is 2.31. The van der Waals surface area contributed by atoms with Crippen molar-refractivity contribution in [3.63, 3.8) is 0 Å². The van der Waals surface area contributed by atoms with E-state index < -0.39 is 0 Å². The number of ether oxygens (including phenoxy) is 1. The van der Waals surface area contributed by atoms with E-state index in [1.807, 2.05) is 6.92 Å². The first-order chi connectivity index (χ1) is 6.69. The average molecular weight is 194 g/mol. The second kappa shape index (κ2) is 3.73. The quantitative estimate of drug-likeness (QED) is 0.735. The molecule has 0 atom stereocenters. The van der Waals surface area contributed by atoms with Crippen LogP contribution in [0.4, 0.5) is 0 Å². The lowest BCUT2D eigenvalue weighted by Crippen LogP contribution is -2.33. The average Bonchev–Trinajstić information content (AvgIpc) is 2.37. The maximum Gasteiger partial charge on any atom is 0.105 e. The molecule has 0 bridgehead atoms. The van der Waals surface area contributed by atoms with E-state index in [-0.39, 0.29) is 0 Å². The van der Waals surface area contributed by atoms with Crippen molar-refractivity contribution in [3.8, 4) is 0 Å². The highest BCUT2D eigenvalue weighted by Gasteiger charge is 2.29. The lowest BCUT2D eigenvalue weighted by molar-refractivity contribution is -0.00455. The molecule has 1 aliphatic carbocycles. The summed E-state index contributed by atoms with van der Waals surface area (Å²) >= 11 is 0. The van der Waals surface area contributed by atoms with Crippen molar-refractivity contribution in [1.82, 2.24) is 9.55 Å². The van der Waals surface area contributed by atoms with Crippen molar-refractivity contribution < 1.29 is 4.74 Å². The molecule has 3 nitrogen and oxygen atoms in total. The Morgan fingerprint density at radius 3 is 2.71 bits per heavy atom. The van der Waals surface area contributed by atoms with Crippen molar-refractivity contribution in [1.29, 1.82) is 0 Å². The Labute approximate surface area is 85.1 Å². The van der Waals surface area contributed by atoms with Gasteiger partial charge in [0, 0.05) is 19.9 Å². The molecule has 0 aliphatic heterocycles. The van der Waals surface area contributed by atoms with Gasteiger partial charge in [0.2, 0.25) is 0 Å². The number of rotatable bonds is 3. The van der Waals surface area contributed by atoms with Gasteiger partial charge in [0.25, 0.3) is 0 Å². The van der Waals surface area contributed by atoms with Gasteiger partial charge < -0.3 is 9.30 Å². The van der Waals surface area contributed by atoms with E-state index in [0.29, 0.717) is 6.10 Å². The van der Waals surface area contributed by atoms with Crippen molar-refractivity contribution in [2.75, 3.05) is 7.11 Å². The highest BCUT2D eigenvalue weighted by atomic mass is 16.5. The third-order valence-corrected chi connectivity index (χ3v) is 3.08. The molecule has 0 N–H and O–H groups in total. The van der Waals surface area contributed by atoms with Gasteiger partial charge in [-0.25, -0.2) is 4.98 Å². The van der Waals surface area contributed by atoms with Gasteiger partial charge >= 0.3 is 0 Å². The first kappa shape index (κ1) is 9.71. The summed E-state index contributed by atoms with van der Waals surface area (Å²) < 4.78 is 7.52. The van der Waals surface area contributed by atoms with Gasteiger partial charge in [0.15, 0.2) is 0 Å². The summed E-state index contributed by atoms with van der Waals surface area (Å²) in [5.74, 6) is 1.91. The van der Waals surface area contributed by atoms with Gasteiger partial charge in [0.05, 0.1) is 11.8 Å². The van der Waals surface area contributed by atoms with E-state index in [1.165, 1.54) is 12.8 Å². The zero-order valence-corrected chi connectivity index (χ0v) is 9.16. The zero-order chi connectivity index (χ0) is 10.1. The second-order valence-corrected chi connectivity index (χ2v) is 4.28. The first-order valence-electron chi connectivity index (χ1n) is 5.22. The summed E-state index contributed by atoms with van der Waals surface area (Å²) in [6.07, 6.45) is 5.04. The van der Waals surface area contributed by atoms with Crippen LogP contribution in [-0.2, 0) is 11.3 Å². The van der Waals surface area contributed by atoms with Crippen LogP contribution in [0.5, 0.6) is 0 Å². The molecular formula is C11H18N2O. The molecule has 1 aromatic heterocycles. The predicted octanol–water partition coefficient (Wildman–Crippen LogP) is 1.92. The standard InChI is InChI=1S/C11H18N2O/c1-8-6-13(9(2)12-8)7-10-4-11(5-10)14-3/h6,10-11H,4-5,7H2,1-3H3. The molecule has 1 heterocycles. The molecule has 1 fully saturated rings. The lowest BCUT2D eigenvalue weighted by atomic mass is 9.82. The van der Waals surface area contributed by atoms with E-state index in [2.05, 4.69) is 22.7 Å². The summed E-state index contributed by atoms with van der Waals surface area (Å²) in [5, 5.41) is 0. The molecule has 1 aromatic rings. The van der Waals surface area contributed by atoms with Crippen LogP contribution in [0.15, 0.2) is 6.20 Å². The number of hydrogen-bond acceptors (Lipinski definition) is 2. The van der Waals surface area contributed by atoms with E-state index in [1.54, 1.807) is 7.11 Å². The summed E-state index contributed by atoms with van der Waals surface area (Å²) in [6, 6.07) is 0. The number of methoxy groups -OCH3 is 1. The Morgan fingerprint density at radius 2 is 2.21 bits per heavy atom. The van der Waals surface area contributed by atoms with Crippen LogP contribution in [0.2, 0.25) is 0 Å². The maximum atomic E-state index is 5.26. The Balaban J connectivity index is 1.90. The Bertz CT molecular complexity index is 313. The lowest BCUT2D eigenvalue weighted by Gasteiger charge is -2.34. The summed E-state index contributed by atoms with van der Waals surface area (Å²) in [4.78, 5) is 4.39. The largest absolute Gasteiger partial charge is 0.381 e. The number of nitrogens with zero attached hydrogens (tertiary/aromatic N) is 2. The molecule has 3 heteroatoms. The van der Waals surface area contributed by atoms with Crippen LogP contribution in [0.3, 0.4) is 0 Å². The van der Waals surface area contributed by atoms with Gasteiger partial charge in [-0.05, 0) is 32.6 Å². The van der Waals surface area contributed by atoms with Crippen molar-refractivity contribution in [2.45, 2.75) is 39.3 Å². The van der Waals surface area contributed by atoms with Crippen LogP contribution in [0, 0.1) is 19.8 Å². The number of imidazole rings is 1. The molecule has 1 saturated carbocycles. The maximum absolute atomic E-state index is 5.26. The Hall–Kier alpha value is -0.830. The summed E-state index contributed by atoms with van der Waals surface area (Å²) in [6.45, 7) is 5.22. The molecule has 0 radical (unpaired) electrons. The molecule has 0 aromatic carbocycles. The van der Waals surface area contributed by atoms with Gasteiger partial charge in [-0.2, -0.15) is 0 Å². The van der Waals surface area contributed by atoms with E-state index in [9.17, 15) is 0 Å². The highest BCUT2D eigenvalue weighted by molar-refractivity contribution is 5.01. The van der Waals surface area contributed by atoms with Crippen LogP contribution in [0.25, 0.3) is 0 Å². The van der Waals surface area contributed by atoms with Crippen molar-refractivity contribution in [3.05, 3.63) is 17.7 Å². The minimum atomic E-state index is 0.505. The first-order valence-corrected chi connectivity index (χ1v) is 5.22. The second-order valence-electron chi connectivity index (χ2n) is 4.28. The molecule has 2 rings (SSSR count). The number of hydrogen-bond donors (Lipinski definition) is 0. The third kappa shape index (κ3) is 1.82. The topological polar surface area (TPSA) is 27.1 Å². The van der Waals surface area contributed by atoms with Crippen LogP contribution >= 0.6 is 0 Å². The summed E-state index contributed by atoms with van der Waals surface area (Å²) in [5.41, 5.74) is 1.12. The minimum absolute atomic E-state index is 0.505. The van der Waals surface area contributed by atoms with Gasteiger partial charge in [-0.15, -0.1) is 0 Å². The fourth-order valence-corrected chi connectivity index (χ4v) is 2.15. The van der Waals surface area contributed by atoms with E-state index >= 15 is 0 Å². The molecule has 78 valence electrons. The molecule has 0 amide bonds. The van der Waals surface area contributed by atoms with Gasteiger partial charge in [0.1, 0.15) is 5.82 Å². The summed E-state index contributed by atoms with van der Waals surface area (Å²) in [7, 11) is 1.80. The van der Waals surface area contributed by atoms with E-state index in [0.717, 1.165) is 24.0 Å². The Morgan fingerprint density at radius 1 is 1.50 bits per heavy atom. The molecule has 1 aliphatic rings. The molecule has 0 saturated heterocycles. The Kier molecular flexibility index (Phi) is 2.59. The fourth-order valence-electron chi connectivity index (χ4n) is 2.15. The monoisotopic (exact) mass is 194 g/mol. The SMILES string of the molecule is COC1CC(Cn2cc(C)nc2C)C1. The van der Waals surface area contributed by atoms with Crippen LogP contribution in [0.1, 0.15) is 24.4 Å². The smallest absolute Gasteiger partial charge is 0.105 e. The minimum Gasteiger partial charge on any atom is -0.381 e. The van der Waals surface area contributed by atoms with E-state index in [4.69, 9.17) is 4.74 Å². The van der Waals surface area contributed by atoms with Crippen LogP contribution < -0.4 is 0 Å². The molecule has 0 spiro atoms. The molecular weight excluding hydrogens is 176 g/mol. The van der Waals surface area contributed by atoms with Gasteiger partial charge in [-0.3, -0.25) is 0 Å². The number of aryl methyl sites for hydroxylation is 2. The van der Waals surface area contributed by atoms with Gasteiger partial charge in [-0.1, -0.05) is 0 Å². The van der Waals surface area contributed by atoms with Crippen molar-refractivity contribution in [2.24, 2.45) is 5.92 Å². The molecule has 0 unspecified atom stereocenters. The number of aromatic nitrogens is 2. The third-order valence-electron chi connectivity index (χ3n) is 3.08. The molecule has 14 heavy (non-hydrogen) atoms. The zero-order valence-electron chi connectivity index (χ0n) is 9.16. The van der Waals surface area contributed by atoms with Crippen LogP contribution in [-0.4, -0.2) is 22.8 Å². The van der Waals surface area contributed by atoms with Crippen molar-refractivity contribution >= 4 is 0 Å². The normalized spacial score (nSPS) is 26.2. The predicted molar refractivity (Wildman–Crippen MR) is 55.2 cm³/mol.